The molecule has 23 heavy (non-hydrogen) atoms. The fraction of sp³-hybridized carbons (Fsp3) is 0.188. The number of hydrogen-bond donors (Lipinski definition) is 0. The number of alkyl halides is 2. The van der Waals surface area contributed by atoms with Crippen molar-refractivity contribution in [1.82, 2.24) is 4.90 Å². The minimum Gasteiger partial charge on any atom is -0.337 e. The molecule has 0 aromatic heterocycles. The monoisotopic (exact) mass is 339 g/mol. The van der Waals surface area contributed by atoms with Crippen molar-refractivity contribution in [3.05, 3.63) is 65.7 Å². The second-order valence-corrected chi connectivity index (χ2v) is 6.89. The number of hydrogen-bond acceptors (Lipinski definition) is 3. The minimum absolute atomic E-state index is 0.233. The molecular weight excluding hydrogens is 324 g/mol. The number of sulfone groups is 1. The smallest absolute Gasteiger partial charge is 0.337 e. The van der Waals surface area contributed by atoms with Gasteiger partial charge < -0.3 is 4.90 Å². The lowest BCUT2D eigenvalue weighted by Crippen LogP contribution is -2.26. The maximum atomic E-state index is 12.5. The van der Waals surface area contributed by atoms with Gasteiger partial charge in [0.05, 0.1) is 4.90 Å². The molecule has 0 aliphatic heterocycles. The molecule has 0 atom stereocenters. The molecule has 0 N–H and O–H groups in total. The van der Waals surface area contributed by atoms with Crippen molar-refractivity contribution >= 4 is 15.7 Å². The highest BCUT2D eigenvalue weighted by molar-refractivity contribution is 7.91. The Morgan fingerprint density at radius 1 is 1.04 bits per heavy atom. The van der Waals surface area contributed by atoms with Crippen molar-refractivity contribution in [2.24, 2.45) is 0 Å². The lowest BCUT2D eigenvalue weighted by Gasteiger charge is -2.17. The third-order valence-electron chi connectivity index (χ3n) is 3.27. The number of carbonyl (C=O) groups is 1. The van der Waals surface area contributed by atoms with E-state index in [0.29, 0.717) is 6.54 Å². The summed E-state index contributed by atoms with van der Waals surface area (Å²) >= 11 is 0. The van der Waals surface area contributed by atoms with Gasteiger partial charge >= 0.3 is 5.76 Å². The van der Waals surface area contributed by atoms with Crippen molar-refractivity contribution < 1.29 is 22.0 Å². The van der Waals surface area contributed by atoms with E-state index in [1.165, 1.54) is 17.0 Å². The van der Waals surface area contributed by atoms with Crippen LogP contribution in [0.2, 0.25) is 0 Å². The van der Waals surface area contributed by atoms with Crippen LogP contribution in [0.25, 0.3) is 0 Å². The third-order valence-corrected chi connectivity index (χ3v) is 4.67. The summed E-state index contributed by atoms with van der Waals surface area (Å²) in [6, 6.07) is 13.8. The molecule has 1 amide bonds. The molecule has 0 heterocycles. The Kier molecular flexibility index (Phi) is 5.10. The van der Waals surface area contributed by atoms with Gasteiger partial charge in [0.1, 0.15) is 0 Å². The molecule has 4 nitrogen and oxygen atoms in total. The summed E-state index contributed by atoms with van der Waals surface area (Å²) < 4.78 is 47.6. The van der Waals surface area contributed by atoms with Crippen LogP contribution in [0.3, 0.4) is 0 Å². The standard InChI is InChI=1S/C16H15F2NO3S/c1-19(11-12-5-3-2-4-6-12)15(20)13-7-9-14(10-8-13)23(21,22)16(17)18/h2-10,16H,11H2,1H3. The number of benzene rings is 2. The van der Waals surface area contributed by atoms with Crippen LogP contribution < -0.4 is 0 Å². The molecule has 0 aliphatic carbocycles. The van der Waals surface area contributed by atoms with Gasteiger partial charge in [0.2, 0.25) is 9.84 Å². The van der Waals surface area contributed by atoms with E-state index < -0.39 is 20.5 Å². The first kappa shape index (κ1) is 17.1. The minimum atomic E-state index is -4.65. The molecule has 2 rings (SSSR count). The van der Waals surface area contributed by atoms with Crippen LogP contribution in [0.1, 0.15) is 15.9 Å². The summed E-state index contributed by atoms with van der Waals surface area (Å²) in [6.07, 6.45) is 0. The van der Waals surface area contributed by atoms with E-state index in [4.69, 9.17) is 0 Å². The molecule has 0 fully saturated rings. The normalized spacial score (nSPS) is 11.5. The van der Waals surface area contributed by atoms with Gasteiger partial charge in [0.25, 0.3) is 5.91 Å². The number of carbonyl (C=O) groups excluding carboxylic acids is 1. The zero-order chi connectivity index (χ0) is 17.0. The van der Waals surface area contributed by atoms with Gasteiger partial charge in [-0.3, -0.25) is 4.79 Å². The highest BCUT2D eigenvalue weighted by atomic mass is 32.2. The predicted molar refractivity (Wildman–Crippen MR) is 81.9 cm³/mol. The van der Waals surface area contributed by atoms with Gasteiger partial charge in [-0.25, -0.2) is 8.42 Å². The van der Waals surface area contributed by atoms with Crippen molar-refractivity contribution in [3.8, 4) is 0 Å². The van der Waals surface area contributed by atoms with Crippen LogP contribution in [0, 0.1) is 0 Å². The molecule has 122 valence electrons. The third kappa shape index (κ3) is 3.92. The molecule has 7 heteroatoms. The van der Waals surface area contributed by atoms with E-state index in [1.807, 2.05) is 30.3 Å². The highest BCUT2D eigenvalue weighted by Crippen LogP contribution is 2.19. The number of nitrogens with zero attached hydrogens (tertiary/aromatic N) is 1. The maximum Gasteiger partial charge on any atom is 0.341 e. The Balaban J connectivity index is 2.14. The first-order chi connectivity index (χ1) is 10.8. The van der Waals surface area contributed by atoms with Gasteiger partial charge in [0, 0.05) is 19.2 Å². The van der Waals surface area contributed by atoms with E-state index >= 15 is 0 Å². The quantitative estimate of drug-likeness (QED) is 0.841. The van der Waals surface area contributed by atoms with Crippen molar-refractivity contribution in [3.63, 3.8) is 0 Å². The molecule has 0 saturated carbocycles. The molecule has 0 saturated heterocycles. The SMILES string of the molecule is CN(Cc1ccccc1)C(=O)c1ccc(S(=O)(=O)C(F)F)cc1. The van der Waals surface area contributed by atoms with Gasteiger partial charge in [-0.05, 0) is 29.8 Å². The van der Waals surface area contributed by atoms with Crippen LogP contribution in [-0.4, -0.2) is 32.0 Å². The van der Waals surface area contributed by atoms with Crippen LogP contribution in [0.15, 0.2) is 59.5 Å². The van der Waals surface area contributed by atoms with E-state index in [0.717, 1.165) is 17.7 Å². The maximum absolute atomic E-state index is 12.5. The van der Waals surface area contributed by atoms with Crippen LogP contribution >= 0.6 is 0 Å². The molecule has 0 radical (unpaired) electrons. The molecular formula is C16H15F2NO3S. The molecule has 0 aliphatic rings. The Morgan fingerprint density at radius 3 is 2.13 bits per heavy atom. The summed E-state index contributed by atoms with van der Waals surface area (Å²) in [6.45, 7) is 0.386. The van der Waals surface area contributed by atoms with Crippen molar-refractivity contribution in [1.29, 1.82) is 0 Å². The van der Waals surface area contributed by atoms with Gasteiger partial charge in [-0.15, -0.1) is 0 Å². The summed E-state index contributed by atoms with van der Waals surface area (Å²) in [5.41, 5.74) is 1.18. The second kappa shape index (κ2) is 6.87. The van der Waals surface area contributed by atoms with Gasteiger partial charge in [-0.1, -0.05) is 30.3 Å². The number of rotatable bonds is 5. The van der Waals surface area contributed by atoms with E-state index in [9.17, 15) is 22.0 Å². The Hall–Kier alpha value is -2.28. The Morgan fingerprint density at radius 2 is 1.61 bits per heavy atom. The Labute approximate surface area is 133 Å². The topological polar surface area (TPSA) is 54.5 Å². The number of halogens is 2. The lowest BCUT2D eigenvalue weighted by molar-refractivity contribution is 0.0785. The van der Waals surface area contributed by atoms with Gasteiger partial charge in [-0.2, -0.15) is 8.78 Å². The van der Waals surface area contributed by atoms with Crippen LogP contribution in [0.5, 0.6) is 0 Å². The van der Waals surface area contributed by atoms with Crippen LogP contribution in [-0.2, 0) is 16.4 Å². The molecule has 0 spiro atoms. The predicted octanol–water partition coefficient (Wildman–Crippen LogP) is 2.96. The fourth-order valence-corrected chi connectivity index (χ4v) is 2.76. The molecule has 2 aromatic carbocycles. The largest absolute Gasteiger partial charge is 0.341 e. The lowest BCUT2D eigenvalue weighted by atomic mass is 10.1. The van der Waals surface area contributed by atoms with Gasteiger partial charge in [0.15, 0.2) is 0 Å². The Bertz CT molecular complexity index is 775. The highest BCUT2D eigenvalue weighted by Gasteiger charge is 2.26. The average molecular weight is 339 g/mol. The summed E-state index contributed by atoms with van der Waals surface area (Å²) in [7, 11) is -3.04. The molecule has 0 bridgehead atoms. The molecule has 2 aromatic rings. The first-order valence-corrected chi connectivity index (χ1v) is 8.28. The van der Waals surface area contributed by atoms with Crippen molar-refractivity contribution in [2.45, 2.75) is 17.2 Å². The van der Waals surface area contributed by atoms with Crippen molar-refractivity contribution in [2.75, 3.05) is 7.05 Å². The zero-order valence-electron chi connectivity index (χ0n) is 12.3. The summed E-state index contributed by atoms with van der Waals surface area (Å²) in [4.78, 5) is 13.2. The first-order valence-electron chi connectivity index (χ1n) is 6.74. The summed E-state index contributed by atoms with van der Waals surface area (Å²) in [5, 5.41) is 0. The summed E-state index contributed by atoms with van der Waals surface area (Å²) in [5.74, 6) is -3.81. The van der Waals surface area contributed by atoms with E-state index in [2.05, 4.69) is 0 Å². The fourth-order valence-electron chi connectivity index (χ4n) is 2.04. The van der Waals surface area contributed by atoms with Crippen LogP contribution in [0.4, 0.5) is 8.78 Å². The van der Waals surface area contributed by atoms with E-state index in [1.54, 1.807) is 7.05 Å². The zero-order valence-corrected chi connectivity index (χ0v) is 13.1. The number of amides is 1. The molecule has 0 unspecified atom stereocenters. The van der Waals surface area contributed by atoms with E-state index in [-0.39, 0.29) is 11.5 Å². The second-order valence-electron chi connectivity index (χ2n) is 4.98. The average Bonchev–Trinajstić information content (AvgIpc) is 2.55.